The normalized spacial score (nSPS) is 11.9. The predicted molar refractivity (Wildman–Crippen MR) is 102 cm³/mol. The molecule has 2 nitrogen and oxygen atoms in total. The number of benzene rings is 3. The van der Waals surface area contributed by atoms with E-state index in [4.69, 9.17) is 0 Å². The maximum Gasteiger partial charge on any atom is 0.189 e. The summed E-state index contributed by atoms with van der Waals surface area (Å²) < 4.78 is 0. The third kappa shape index (κ3) is 2.66. The lowest BCUT2D eigenvalue weighted by atomic mass is 10.4. The van der Waals surface area contributed by atoms with Crippen molar-refractivity contribution in [3.8, 4) is 0 Å². The quantitative estimate of drug-likeness (QED) is 0.335. The maximum atomic E-state index is 11.9. The topological polar surface area (TPSA) is 37.3 Å². The lowest BCUT2D eigenvalue weighted by molar-refractivity contribution is -0.104. The molecule has 0 aliphatic rings. The molecule has 3 heteroatoms. The number of aliphatic hydroxyl groups excluding tert-OH is 1. The van der Waals surface area contributed by atoms with Crippen LogP contribution in [-0.2, 0) is 4.79 Å². The summed E-state index contributed by atoms with van der Waals surface area (Å²) in [7, 11) is -2.42. The van der Waals surface area contributed by atoms with Crippen molar-refractivity contribution < 1.29 is 9.90 Å². The molecular formula is C21H18O2P+. The molecule has 0 atom stereocenters. The molecule has 24 heavy (non-hydrogen) atoms. The number of hydrogen-bond donors (Lipinski definition) is 1. The first-order chi connectivity index (χ1) is 11.8. The molecule has 118 valence electrons. The van der Waals surface area contributed by atoms with Gasteiger partial charge < -0.3 is 5.11 Å². The van der Waals surface area contributed by atoms with Crippen molar-refractivity contribution in [2.75, 3.05) is 0 Å². The lowest BCUT2D eigenvalue weighted by Gasteiger charge is -2.26. The van der Waals surface area contributed by atoms with Gasteiger partial charge in [-0.1, -0.05) is 54.6 Å². The van der Waals surface area contributed by atoms with E-state index >= 15 is 0 Å². The zero-order valence-corrected chi connectivity index (χ0v) is 14.0. The summed E-state index contributed by atoms with van der Waals surface area (Å²) in [6.45, 7) is 0. The van der Waals surface area contributed by atoms with Crippen molar-refractivity contribution in [2.45, 2.75) is 0 Å². The predicted octanol–water partition coefficient (Wildman–Crippen LogP) is 3.58. The van der Waals surface area contributed by atoms with Crippen molar-refractivity contribution in [3.05, 3.63) is 103 Å². The molecule has 3 rings (SSSR count). The van der Waals surface area contributed by atoms with Gasteiger partial charge in [-0.15, -0.1) is 0 Å². The molecule has 0 bridgehead atoms. The van der Waals surface area contributed by atoms with Gasteiger partial charge in [-0.25, -0.2) is 0 Å². The Morgan fingerprint density at radius 2 is 1.00 bits per heavy atom. The molecule has 3 aromatic rings. The second kappa shape index (κ2) is 7.25. The summed E-state index contributed by atoms with van der Waals surface area (Å²) in [4.78, 5) is 11.9. The van der Waals surface area contributed by atoms with E-state index in [0.29, 0.717) is 5.31 Å². The Morgan fingerprint density at radius 1 is 0.667 bits per heavy atom. The third-order valence-corrected chi connectivity index (χ3v) is 8.28. The van der Waals surface area contributed by atoms with Crippen molar-refractivity contribution in [2.24, 2.45) is 0 Å². The minimum absolute atomic E-state index is 0.408. The molecule has 0 aliphatic heterocycles. The molecule has 0 saturated heterocycles. The standard InChI is InChI=1S/C21H17O2P/c22-16-21(17-23)24(18-10-4-1-5-11-18,19-12-6-2-7-13-19)20-14-8-3-9-15-20/h1-17H/p+1. The van der Waals surface area contributed by atoms with Crippen LogP contribution < -0.4 is 15.9 Å². The SMILES string of the molecule is O=CC(=CO)[P+](c1ccccc1)(c1ccccc1)c1ccccc1. The van der Waals surface area contributed by atoms with Crippen LogP contribution in [0.4, 0.5) is 0 Å². The number of aldehydes is 1. The monoisotopic (exact) mass is 333 g/mol. The van der Waals surface area contributed by atoms with Gasteiger partial charge in [0.1, 0.15) is 22.2 Å². The van der Waals surface area contributed by atoms with Crippen molar-refractivity contribution >= 4 is 29.5 Å². The first kappa shape index (κ1) is 16.2. The van der Waals surface area contributed by atoms with Gasteiger partial charge >= 0.3 is 0 Å². The van der Waals surface area contributed by atoms with Gasteiger partial charge in [0.2, 0.25) is 0 Å². The number of carbonyl (C=O) groups is 1. The molecule has 3 aromatic carbocycles. The van der Waals surface area contributed by atoms with Crippen molar-refractivity contribution in [1.82, 2.24) is 0 Å². The lowest BCUT2D eigenvalue weighted by Crippen LogP contribution is -2.32. The first-order valence-corrected chi connectivity index (χ1v) is 9.49. The summed E-state index contributed by atoms with van der Waals surface area (Å²) in [6, 6.07) is 29.8. The summed E-state index contributed by atoms with van der Waals surface area (Å²) in [6.07, 6.45) is 1.74. The van der Waals surface area contributed by atoms with Crippen LogP contribution in [0.15, 0.2) is 103 Å². The molecule has 0 saturated carbocycles. The van der Waals surface area contributed by atoms with Crippen LogP contribution in [0.2, 0.25) is 0 Å². The highest BCUT2D eigenvalue weighted by molar-refractivity contribution is 7.99. The van der Waals surface area contributed by atoms with Crippen LogP contribution in [0.1, 0.15) is 0 Å². The minimum atomic E-state index is -2.42. The molecule has 0 aromatic heterocycles. The minimum Gasteiger partial charge on any atom is -0.511 e. The fourth-order valence-electron chi connectivity index (χ4n) is 3.05. The molecule has 0 heterocycles. The van der Waals surface area contributed by atoms with Crippen molar-refractivity contribution in [1.29, 1.82) is 0 Å². The number of carbonyl (C=O) groups excluding carboxylic acids is 1. The largest absolute Gasteiger partial charge is 0.511 e. The van der Waals surface area contributed by atoms with Gasteiger partial charge in [0.25, 0.3) is 0 Å². The van der Waals surface area contributed by atoms with Crippen LogP contribution in [0.3, 0.4) is 0 Å². The first-order valence-electron chi connectivity index (χ1n) is 7.70. The van der Waals surface area contributed by atoms with Gasteiger partial charge in [0.15, 0.2) is 18.9 Å². The molecule has 0 fully saturated rings. The summed E-state index contributed by atoms with van der Waals surface area (Å²) in [5.41, 5.74) is 0. The average molecular weight is 333 g/mol. The van der Waals surface area contributed by atoms with Gasteiger partial charge in [0.05, 0.1) is 0 Å². The fourth-order valence-corrected chi connectivity index (χ4v) is 7.02. The summed E-state index contributed by atoms with van der Waals surface area (Å²) >= 11 is 0. The van der Waals surface area contributed by atoms with Gasteiger partial charge in [-0.05, 0) is 36.4 Å². The van der Waals surface area contributed by atoms with E-state index in [9.17, 15) is 9.90 Å². The second-order valence-electron chi connectivity index (χ2n) is 5.35. The van der Waals surface area contributed by atoms with Gasteiger partial charge in [-0.3, -0.25) is 4.79 Å². The summed E-state index contributed by atoms with van der Waals surface area (Å²) in [5.74, 6) is 0. The Balaban J connectivity index is 2.44. The molecule has 0 amide bonds. The fraction of sp³-hybridized carbons (Fsp3) is 0. The number of aliphatic hydroxyl groups is 1. The molecular weight excluding hydrogens is 315 g/mol. The Hall–Kier alpha value is -2.70. The van der Waals surface area contributed by atoms with Crippen LogP contribution in [0, 0.1) is 0 Å². The van der Waals surface area contributed by atoms with Gasteiger partial charge in [-0.2, -0.15) is 0 Å². The van der Waals surface area contributed by atoms with E-state index < -0.39 is 7.26 Å². The Kier molecular flexibility index (Phi) is 4.88. The number of rotatable bonds is 5. The molecule has 0 radical (unpaired) electrons. The van der Waals surface area contributed by atoms with E-state index in [1.165, 1.54) is 0 Å². The van der Waals surface area contributed by atoms with Gasteiger partial charge in [0, 0.05) is 0 Å². The van der Waals surface area contributed by atoms with E-state index in [2.05, 4.69) is 0 Å². The molecule has 0 unspecified atom stereocenters. The highest BCUT2D eigenvalue weighted by atomic mass is 31.2. The zero-order chi connectivity index (χ0) is 16.8. The molecule has 0 spiro atoms. The number of hydrogen-bond acceptors (Lipinski definition) is 2. The average Bonchev–Trinajstić information content (AvgIpc) is 2.68. The smallest absolute Gasteiger partial charge is 0.189 e. The van der Waals surface area contributed by atoms with Crippen LogP contribution in [0.25, 0.3) is 0 Å². The highest BCUT2D eigenvalue weighted by Gasteiger charge is 2.49. The van der Waals surface area contributed by atoms with Crippen LogP contribution in [0.5, 0.6) is 0 Å². The second-order valence-corrected chi connectivity index (χ2v) is 8.76. The Labute approximate surface area is 142 Å². The molecule has 0 aliphatic carbocycles. The Bertz CT molecular complexity index is 731. The van der Waals surface area contributed by atoms with Crippen LogP contribution in [-0.4, -0.2) is 11.4 Å². The van der Waals surface area contributed by atoms with Crippen molar-refractivity contribution in [3.63, 3.8) is 0 Å². The third-order valence-electron chi connectivity index (χ3n) is 4.07. The van der Waals surface area contributed by atoms with E-state index in [-0.39, 0.29) is 0 Å². The van der Waals surface area contributed by atoms with E-state index in [1.807, 2.05) is 91.0 Å². The summed E-state index contributed by atoms with van der Waals surface area (Å²) in [5, 5.41) is 13.4. The van der Waals surface area contributed by atoms with Crippen LogP contribution >= 0.6 is 7.26 Å². The Morgan fingerprint density at radius 3 is 1.25 bits per heavy atom. The zero-order valence-electron chi connectivity index (χ0n) is 13.1. The van der Waals surface area contributed by atoms with E-state index in [1.54, 1.807) is 0 Å². The van der Waals surface area contributed by atoms with E-state index in [0.717, 1.165) is 28.5 Å². The number of allylic oxidation sites excluding steroid dienone is 1. The highest BCUT2D eigenvalue weighted by Crippen LogP contribution is 2.61. The molecule has 1 N–H and O–H groups in total. The maximum absolute atomic E-state index is 11.9.